The second kappa shape index (κ2) is 6.76. The van der Waals surface area contributed by atoms with E-state index in [1.807, 2.05) is 13.0 Å². The minimum atomic E-state index is 0.138. The van der Waals surface area contributed by atoms with Gasteiger partial charge in [-0.05, 0) is 43.0 Å². The van der Waals surface area contributed by atoms with Crippen molar-refractivity contribution in [3.05, 3.63) is 46.8 Å². The Morgan fingerprint density at radius 2 is 2.05 bits per heavy atom. The van der Waals surface area contributed by atoms with Gasteiger partial charge >= 0.3 is 0 Å². The maximum atomic E-state index is 5.99. The molecule has 1 unspecified atom stereocenters. The van der Waals surface area contributed by atoms with E-state index >= 15 is 0 Å². The minimum Gasteiger partial charge on any atom is -0.494 e. The van der Waals surface area contributed by atoms with Crippen molar-refractivity contribution in [2.24, 2.45) is 5.73 Å². The number of H-pyrrole nitrogens is 1. The number of aromatic amines is 1. The SMILES string of the molecule is CCOc1ccc(C(CN)c2cc(C(C)C)n[nH]2)cc1C. The lowest BCUT2D eigenvalue weighted by Gasteiger charge is -2.16. The Kier molecular flexibility index (Phi) is 5.02. The molecule has 1 aromatic carbocycles. The smallest absolute Gasteiger partial charge is 0.122 e. The van der Waals surface area contributed by atoms with Gasteiger partial charge in [0.15, 0.2) is 0 Å². The van der Waals surface area contributed by atoms with E-state index in [1.165, 1.54) is 5.56 Å². The van der Waals surface area contributed by atoms with Gasteiger partial charge in [-0.1, -0.05) is 26.0 Å². The van der Waals surface area contributed by atoms with Crippen LogP contribution in [0.2, 0.25) is 0 Å². The summed E-state index contributed by atoms with van der Waals surface area (Å²) in [5.41, 5.74) is 10.5. The van der Waals surface area contributed by atoms with Crippen LogP contribution in [0.1, 0.15) is 55.1 Å². The van der Waals surface area contributed by atoms with Gasteiger partial charge in [0.2, 0.25) is 0 Å². The molecule has 0 aliphatic carbocycles. The maximum absolute atomic E-state index is 5.99. The van der Waals surface area contributed by atoms with Crippen LogP contribution in [0.3, 0.4) is 0 Å². The Morgan fingerprint density at radius 3 is 2.57 bits per heavy atom. The predicted molar refractivity (Wildman–Crippen MR) is 85.9 cm³/mol. The van der Waals surface area contributed by atoms with Gasteiger partial charge in [-0.2, -0.15) is 5.10 Å². The average molecular weight is 287 g/mol. The maximum Gasteiger partial charge on any atom is 0.122 e. The summed E-state index contributed by atoms with van der Waals surface area (Å²) in [7, 11) is 0. The highest BCUT2D eigenvalue weighted by atomic mass is 16.5. The molecule has 2 rings (SSSR count). The minimum absolute atomic E-state index is 0.138. The number of nitrogens with two attached hydrogens (primary N) is 1. The Morgan fingerprint density at radius 1 is 1.29 bits per heavy atom. The molecule has 0 bridgehead atoms. The van der Waals surface area contributed by atoms with E-state index in [2.05, 4.69) is 49.2 Å². The number of rotatable bonds is 6. The molecule has 114 valence electrons. The summed E-state index contributed by atoms with van der Waals surface area (Å²) < 4.78 is 5.59. The van der Waals surface area contributed by atoms with Gasteiger partial charge in [0.25, 0.3) is 0 Å². The Bertz CT molecular complexity index is 589. The van der Waals surface area contributed by atoms with Gasteiger partial charge in [0, 0.05) is 18.2 Å². The number of benzene rings is 1. The van der Waals surface area contributed by atoms with Gasteiger partial charge < -0.3 is 10.5 Å². The summed E-state index contributed by atoms with van der Waals surface area (Å²) >= 11 is 0. The fourth-order valence-corrected chi connectivity index (χ4v) is 2.48. The Labute approximate surface area is 126 Å². The van der Waals surface area contributed by atoms with Crippen LogP contribution in [0.4, 0.5) is 0 Å². The van der Waals surface area contributed by atoms with E-state index in [4.69, 9.17) is 10.5 Å². The zero-order chi connectivity index (χ0) is 15.4. The number of hydrogen-bond donors (Lipinski definition) is 2. The molecule has 0 fully saturated rings. The first kappa shape index (κ1) is 15.6. The molecule has 4 heteroatoms. The number of hydrogen-bond acceptors (Lipinski definition) is 3. The van der Waals surface area contributed by atoms with Gasteiger partial charge in [-0.3, -0.25) is 5.10 Å². The van der Waals surface area contributed by atoms with Crippen molar-refractivity contribution in [3.8, 4) is 5.75 Å². The molecule has 1 atom stereocenters. The summed E-state index contributed by atoms with van der Waals surface area (Å²) in [6.07, 6.45) is 0. The quantitative estimate of drug-likeness (QED) is 0.856. The first-order valence-corrected chi connectivity index (χ1v) is 7.55. The molecule has 1 aromatic heterocycles. The Hall–Kier alpha value is -1.81. The highest BCUT2D eigenvalue weighted by Crippen LogP contribution is 2.28. The molecule has 2 aromatic rings. The molecule has 1 heterocycles. The third-order valence-corrected chi connectivity index (χ3v) is 3.72. The molecule has 0 radical (unpaired) electrons. The molecule has 0 saturated carbocycles. The second-order valence-corrected chi connectivity index (χ2v) is 5.65. The number of nitrogens with zero attached hydrogens (tertiary/aromatic N) is 1. The van der Waals surface area contributed by atoms with Crippen molar-refractivity contribution in [1.29, 1.82) is 0 Å². The van der Waals surface area contributed by atoms with Gasteiger partial charge in [-0.15, -0.1) is 0 Å². The lowest BCUT2D eigenvalue weighted by Crippen LogP contribution is -2.14. The van der Waals surface area contributed by atoms with Crippen molar-refractivity contribution in [3.63, 3.8) is 0 Å². The van der Waals surface area contributed by atoms with Crippen molar-refractivity contribution in [1.82, 2.24) is 10.2 Å². The summed E-state index contributed by atoms with van der Waals surface area (Å²) in [6, 6.07) is 8.38. The molecule has 0 aliphatic heterocycles. The first-order valence-electron chi connectivity index (χ1n) is 7.55. The number of nitrogens with one attached hydrogen (secondary N) is 1. The molecule has 3 N–H and O–H groups in total. The van der Waals surface area contributed by atoms with Gasteiger partial charge in [-0.25, -0.2) is 0 Å². The van der Waals surface area contributed by atoms with Gasteiger partial charge in [0.1, 0.15) is 5.75 Å². The lowest BCUT2D eigenvalue weighted by molar-refractivity contribution is 0.337. The van der Waals surface area contributed by atoms with E-state index in [-0.39, 0.29) is 5.92 Å². The van der Waals surface area contributed by atoms with Crippen molar-refractivity contribution >= 4 is 0 Å². The molecule has 0 amide bonds. The van der Waals surface area contributed by atoms with E-state index in [1.54, 1.807) is 0 Å². The standard InChI is InChI=1S/C17H25N3O/c1-5-21-17-7-6-13(8-12(17)4)14(10-18)16-9-15(11(2)3)19-20-16/h6-9,11,14H,5,10,18H2,1-4H3,(H,19,20). The zero-order valence-corrected chi connectivity index (χ0v) is 13.3. The fourth-order valence-electron chi connectivity index (χ4n) is 2.48. The van der Waals surface area contributed by atoms with E-state index < -0.39 is 0 Å². The van der Waals surface area contributed by atoms with Crippen LogP contribution in [0.25, 0.3) is 0 Å². The topological polar surface area (TPSA) is 63.9 Å². The zero-order valence-electron chi connectivity index (χ0n) is 13.3. The molecular weight excluding hydrogens is 262 g/mol. The second-order valence-electron chi connectivity index (χ2n) is 5.65. The molecule has 0 saturated heterocycles. The normalized spacial score (nSPS) is 12.7. The lowest BCUT2D eigenvalue weighted by atomic mass is 9.93. The van der Waals surface area contributed by atoms with Gasteiger partial charge in [0.05, 0.1) is 12.3 Å². The largest absolute Gasteiger partial charge is 0.494 e. The average Bonchev–Trinajstić information content (AvgIpc) is 2.92. The van der Waals surface area contributed by atoms with Crippen LogP contribution in [0.5, 0.6) is 5.75 Å². The van der Waals surface area contributed by atoms with Crippen molar-refractivity contribution < 1.29 is 4.74 Å². The van der Waals surface area contributed by atoms with Crippen LogP contribution in [0.15, 0.2) is 24.3 Å². The van der Waals surface area contributed by atoms with Crippen LogP contribution < -0.4 is 10.5 Å². The Balaban J connectivity index is 2.30. The molecule has 0 aliphatic rings. The number of aromatic nitrogens is 2. The first-order chi connectivity index (χ1) is 10.1. The van der Waals surface area contributed by atoms with E-state index in [9.17, 15) is 0 Å². The number of aryl methyl sites for hydroxylation is 1. The van der Waals surface area contributed by atoms with Crippen molar-refractivity contribution in [2.75, 3.05) is 13.2 Å². The van der Waals surface area contributed by atoms with Crippen LogP contribution in [0, 0.1) is 6.92 Å². The monoisotopic (exact) mass is 287 g/mol. The third kappa shape index (κ3) is 3.45. The summed E-state index contributed by atoms with van der Waals surface area (Å²) in [5.74, 6) is 1.49. The summed E-state index contributed by atoms with van der Waals surface area (Å²) in [4.78, 5) is 0. The van der Waals surface area contributed by atoms with Crippen LogP contribution in [-0.2, 0) is 0 Å². The molecule has 0 spiro atoms. The van der Waals surface area contributed by atoms with E-state index in [0.29, 0.717) is 19.1 Å². The summed E-state index contributed by atoms with van der Waals surface area (Å²) in [5, 5.41) is 7.51. The molecule has 21 heavy (non-hydrogen) atoms. The highest BCUT2D eigenvalue weighted by molar-refractivity contribution is 5.40. The van der Waals surface area contributed by atoms with E-state index in [0.717, 1.165) is 22.7 Å². The number of ether oxygens (including phenoxy) is 1. The third-order valence-electron chi connectivity index (χ3n) is 3.72. The van der Waals surface area contributed by atoms with Crippen LogP contribution >= 0.6 is 0 Å². The highest BCUT2D eigenvalue weighted by Gasteiger charge is 2.17. The molecule has 4 nitrogen and oxygen atoms in total. The predicted octanol–water partition coefficient (Wildman–Crippen LogP) is 3.33. The fraction of sp³-hybridized carbons (Fsp3) is 0.471. The molecular formula is C17H25N3O. The summed E-state index contributed by atoms with van der Waals surface area (Å²) in [6.45, 7) is 9.56. The van der Waals surface area contributed by atoms with Crippen LogP contribution in [-0.4, -0.2) is 23.3 Å². The van der Waals surface area contributed by atoms with Crippen molar-refractivity contribution in [2.45, 2.75) is 39.5 Å².